The Hall–Kier alpha value is -2.53. The van der Waals surface area contributed by atoms with Crippen molar-refractivity contribution in [2.24, 2.45) is 5.10 Å². The van der Waals surface area contributed by atoms with Crippen LogP contribution >= 0.6 is 11.6 Å². The zero-order valence-corrected chi connectivity index (χ0v) is 16.2. The molecule has 0 saturated carbocycles. The molecule has 0 bridgehead atoms. The third-order valence-electron chi connectivity index (χ3n) is 3.75. The molecule has 0 radical (unpaired) electrons. The summed E-state index contributed by atoms with van der Waals surface area (Å²) < 4.78 is 11.2. The van der Waals surface area contributed by atoms with E-state index >= 15 is 0 Å². The fourth-order valence-electron chi connectivity index (χ4n) is 2.32. The first-order valence-electron chi connectivity index (χ1n) is 9.11. The molecule has 27 heavy (non-hydrogen) atoms. The Morgan fingerprint density at radius 3 is 2.63 bits per heavy atom. The third-order valence-corrected chi connectivity index (χ3v) is 4.00. The number of rotatable bonds is 11. The molecule has 144 valence electrons. The number of hydrogen-bond donors (Lipinski definition) is 1. The first kappa shape index (κ1) is 20.8. The Morgan fingerprint density at radius 2 is 1.85 bits per heavy atom. The van der Waals surface area contributed by atoms with E-state index in [1.54, 1.807) is 30.5 Å². The number of benzene rings is 2. The third kappa shape index (κ3) is 8.13. The van der Waals surface area contributed by atoms with Gasteiger partial charge in [-0.25, -0.2) is 5.43 Å². The lowest BCUT2D eigenvalue weighted by atomic mass is 10.2. The van der Waals surface area contributed by atoms with Crippen LogP contribution in [0.3, 0.4) is 0 Å². The summed E-state index contributed by atoms with van der Waals surface area (Å²) in [5, 5.41) is 4.59. The summed E-state index contributed by atoms with van der Waals surface area (Å²) in [6, 6.07) is 14.4. The molecular formula is C21H25ClN2O3. The second kappa shape index (κ2) is 12.0. The van der Waals surface area contributed by atoms with Crippen molar-refractivity contribution in [3.8, 4) is 11.5 Å². The Kier molecular flexibility index (Phi) is 9.21. The fourth-order valence-corrected chi connectivity index (χ4v) is 2.44. The van der Waals surface area contributed by atoms with Crippen molar-refractivity contribution in [3.05, 3.63) is 59.1 Å². The summed E-state index contributed by atoms with van der Waals surface area (Å²) in [7, 11) is 0. The van der Waals surface area contributed by atoms with E-state index in [2.05, 4.69) is 17.5 Å². The van der Waals surface area contributed by atoms with Crippen LogP contribution in [0.5, 0.6) is 11.5 Å². The number of nitrogens with one attached hydrogen (secondary N) is 1. The molecule has 2 rings (SSSR count). The number of para-hydroxylation sites is 1. The Labute approximate surface area is 165 Å². The maximum atomic E-state index is 11.8. The van der Waals surface area contributed by atoms with Crippen LogP contribution in [0.1, 0.15) is 38.2 Å². The van der Waals surface area contributed by atoms with Crippen molar-refractivity contribution in [1.82, 2.24) is 5.43 Å². The van der Waals surface area contributed by atoms with Crippen LogP contribution in [0.2, 0.25) is 5.02 Å². The van der Waals surface area contributed by atoms with E-state index in [0.717, 1.165) is 24.2 Å². The molecule has 0 unspecified atom stereocenters. The molecule has 0 aliphatic heterocycles. The summed E-state index contributed by atoms with van der Waals surface area (Å²) in [6.45, 7) is 2.72. The Morgan fingerprint density at radius 1 is 1.07 bits per heavy atom. The van der Waals surface area contributed by atoms with Gasteiger partial charge in [0, 0.05) is 10.6 Å². The summed E-state index contributed by atoms with van der Waals surface area (Å²) in [5.41, 5.74) is 3.26. The van der Waals surface area contributed by atoms with Gasteiger partial charge in [-0.2, -0.15) is 5.10 Å². The van der Waals surface area contributed by atoms with E-state index in [4.69, 9.17) is 21.1 Å². The fraction of sp³-hybridized carbons (Fsp3) is 0.333. The van der Waals surface area contributed by atoms with Crippen molar-refractivity contribution in [2.45, 2.75) is 32.6 Å². The minimum atomic E-state index is -0.348. The maximum absolute atomic E-state index is 11.8. The van der Waals surface area contributed by atoms with Crippen LogP contribution in [-0.2, 0) is 4.79 Å². The van der Waals surface area contributed by atoms with Gasteiger partial charge in [0.15, 0.2) is 6.61 Å². The average Bonchev–Trinajstić information content (AvgIpc) is 2.68. The molecule has 2 aromatic rings. The smallest absolute Gasteiger partial charge is 0.277 e. The number of unbranched alkanes of at least 4 members (excludes halogenated alkanes) is 3. The van der Waals surface area contributed by atoms with Gasteiger partial charge in [0.1, 0.15) is 11.5 Å². The molecular weight excluding hydrogens is 364 g/mol. The lowest BCUT2D eigenvalue weighted by molar-refractivity contribution is -0.123. The number of nitrogens with zero attached hydrogens (tertiary/aromatic N) is 1. The summed E-state index contributed by atoms with van der Waals surface area (Å²) >= 11 is 5.80. The highest BCUT2D eigenvalue weighted by Crippen LogP contribution is 2.17. The molecule has 0 saturated heterocycles. The lowest BCUT2D eigenvalue weighted by Gasteiger charge is -2.08. The van der Waals surface area contributed by atoms with Crippen molar-refractivity contribution in [3.63, 3.8) is 0 Å². The molecule has 0 aromatic heterocycles. The first-order valence-corrected chi connectivity index (χ1v) is 9.49. The molecule has 0 aliphatic rings. The molecule has 0 spiro atoms. The number of hydrogen-bond acceptors (Lipinski definition) is 4. The number of halogens is 1. The number of hydrazone groups is 1. The van der Waals surface area contributed by atoms with Gasteiger partial charge < -0.3 is 9.47 Å². The Balaban J connectivity index is 1.77. The van der Waals surface area contributed by atoms with E-state index in [0.29, 0.717) is 17.4 Å². The zero-order valence-electron chi connectivity index (χ0n) is 15.5. The SMILES string of the molecule is CCCCCCOc1ccccc1C=NNC(=O)COc1ccc(Cl)cc1. The van der Waals surface area contributed by atoms with Gasteiger partial charge in [-0.15, -0.1) is 0 Å². The quantitative estimate of drug-likeness (QED) is 0.341. The van der Waals surface area contributed by atoms with Gasteiger partial charge >= 0.3 is 0 Å². The second-order valence-electron chi connectivity index (χ2n) is 5.98. The summed E-state index contributed by atoms with van der Waals surface area (Å²) in [6.07, 6.45) is 6.18. The summed E-state index contributed by atoms with van der Waals surface area (Å²) in [4.78, 5) is 11.8. The normalized spacial score (nSPS) is 10.7. The molecule has 2 aromatic carbocycles. The lowest BCUT2D eigenvalue weighted by Crippen LogP contribution is -2.24. The predicted molar refractivity (Wildman–Crippen MR) is 109 cm³/mol. The van der Waals surface area contributed by atoms with E-state index in [-0.39, 0.29) is 12.5 Å². The van der Waals surface area contributed by atoms with Crippen LogP contribution in [0.15, 0.2) is 53.6 Å². The first-order chi connectivity index (χ1) is 13.2. The molecule has 5 nitrogen and oxygen atoms in total. The average molecular weight is 389 g/mol. The van der Waals surface area contributed by atoms with E-state index < -0.39 is 0 Å². The molecule has 0 heterocycles. The highest BCUT2D eigenvalue weighted by Gasteiger charge is 2.03. The molecule has 6 heteroatoms. The minimum absolute atomic E-state index is 0.130. The van der Waals surface area contributed by atoms with Gasteiger partial charge in [0.05, 0.1) is 12.8 Å². The van der Waals surface area contributed by atoms with Gasteiger partial charge in [-0.05, 0) is 42.8 Å². The minimum Gasteiger partial charge on any atom is -0.493 e. The van der Waals surface area contributed by atoms with Crippen LogP contribution in [0, 0.1) is 0 Å². The van der Waals surface area contributed by atoms with E-state index in [9.17, 15) is 4.79 Å². The number of carbonyl (C=O) groups excluding carboxylic acids is 1. The van der Waals surface area contributed by atoms with Crippen LogP contribution in [-0.4, -0.2) is 25.3 Å². The number of amides is 1. The molecule has 0 aliphatic carbocycles. The monoisotopic (exact) mass is 388 g/mol. The van der Waals surface area contributed by atoms with Crippen LogP contribution in [0.25, 0.3) is 0 Å². The van der Waals surface area contributed by atoms with Crippen LogP contribution < -0.4 is 14.9 Å². The largest absolute Gasteiger partial charge is 0.493 e. The van der Waals surface area contributed by atoms with Crippen molar-refractivity contribution >= 4 is 23.7 Å². The Bertz CT molecular complexity index is 732. The second-order valence-corrected chi connectivity index (χ2v) is 6.42. The van der Waals surface area contributed by atoms with Gasteiger partial charge in [0.2, 0.25) is 0 Å². The standard InChI is InChI=1S/C21H25ClN2O3/c1-2-3-4-7-14-26-20-9-6-5-8-17(20)15-23-24-21(25)16-27-19-12-10-18(22)11-13-19/h5-6,8-13,15H,2-4,7,14,16H2,1H3,(H,24,25). The highest BCUT2D eigenvalue weighted by atomic mass is 35.5. The summed E-state index contributed by atoms with van der Waals surface area (Å²) in [5.74, 6) is 0.976. The molecule has 1 N–H and O–H groups in total. The van der Waals surface area contributed by atoms with Crippen molar-refractivity contribution in [1.29, 1.82) is 0 Å². The highest BCUT2D eigenvalue weighted by molar-refractivity contribution is 6.30. The van der Waals surface area contributed by atoms with Crippen molar-refractivity contribution < 1.29 is 14.3 Å². The van der Waals surface area contributed by atoms with E-state index in [1.807, 2.05) is 24.3 Å². The molecule has 1 amide bonds. The van der Waals surface area contributed by atoms with Gasteiger partial charge in [0.25, 0.3) is 5.91 Å². The number of ether oxygens (including phenoxy) is 2. The zero-order chi connectivity index (χ0) is 19.3. The number of carbonyl (C=O) groups is 1. The maximum Gasteiger partial charge on any atom is 0.277 e. The molecule has 0 fully saturated rings. The topological polar surface area (TPSA) is 59.9 Å². The molecule has 0 atom stereocenters. The van der Waals surface area contributed by atoms with Gasteiger partial charge in [-0.3, -0.25) is 4.79 Å². The van der Waals surface area contributed by atoms with Crippen LogP contribution in [0.4, 0.5) is 0 Å². The van der Waals surface area contributed by atoms with E-state index in [1.165, 1.54) is 12.8 Å². The predicted octanol–water partition coefficient (Wildman–Crippen LogP) is 4.83. The van der Waals surface area contributed by atoms with Crippen molar-refractivity contribution in [2.75, 3.05) is 13.2 Å². The van der Waals surface area contributed by atoms with Gasteiger partial charge in [-0.1, -0.05) is 49.9 Å².